The Hall–Kier alpha value is -3.36. The first kappa shape index (κ1) is 24.3. The molecule has 3 rings (SSSR count). The number of rotatable bonds is 5. The number of likely N-dealkylation sites (tertiary alicyclic amines) is 1. The van der Waals surface area contributed by atoms with E-state index in [1.54, 1.807) is 36.1 Å². The van der Waals surface area contributed by atoms with Crippen molar-refractivity contribution in [1.29, 1.82) is 0 Å². The molecule has 0 spiro atoms. The average molecular weight is 458 g/mol. The second-order valence-corrected chi connectivity index (χ2v) is 8.95. The van der Waals surface area contributed by atoms with Gasteiger partial charge in [0.15, 0.2) is 17.3 Å². The fraction of sp³-hybridized carbons (Fsp3) is 0.500. The van der Waals surface area contributed by atoms with Crippen molar-refractivity contribution < 1.29 is 28.3 Å². The molecule has 0 aliphatic carbocycles. The zero-order valence-corrected chi connectivity index (χ0v) is 19.8. The number of aromatic nitrogens is 1. The highest BCUT2D eigenvalue weighted by atomic mass is 16.6. The Bertz CT molecular complexity index is 998. The second-order valence-electron chi connectivity index (χ2n) is 8.95. The molecule has 1 saturated heterocycles. The predicted molar refractivity (Wildman–Crippen MR) is 122 cm³/mol. The molecule has 33 heavy (non-hydrogen) atoms. The van der Waals surface area contributed by atoms with Crippen LogP contribution in [0.3, 0.4) is 0 Å². The molecule has 9 nitrogen and oxygen atoms in total. The Morgan fingerprint density at radius 1 is 1.15 bits per heavy atom. The molecule has 0 unspecified atom stereocenters. The minimum atomic E-state index is -0.556. The summed E-state index contributed by atoms with van der Waals surface area (Å²) in [7, 11) is 0. The highest BCUT2D eigenvalue weighted by molar-refractivity contribution is 5.94. The number of nitrogens with zero attached hydrogens (tertiary/aromatic N) is 2. The molecule has 1 aliphatic rings. The van der Waals surface area contributed by atoms with E-state index < -0.39 is 11.6 Å². The van der Waals surface area contributed by atoms with E-state index in [-0.39, 0.29) is 30.2 Å². The van der Waals surface area contributed by atoms with Crippen LogP contribution >= 0.6 is 0 Å². The maximum absolute atomic E-state index is 12.6. The number of nitrogens with one attached hydrogen (secondary N) is 1. The van der Waals surface area contributed by atoms with E-state index in [9.17, 15) is 14.4 Å². The molecule has 0 atom stereocenters. The summed E-state index contributed by atoms with van der Waals surface area (Å²) in [6, 6.07) is 6.97. The van der Waals surface area contributed by atoms with Gasteiger partial charge in [0.05, 0.1) is 6.61 Å². The number of amides is 2. The molecule has 1 aromatic heterocycles. The number of ether oxygens (including phenoxy) is 2. The summed E-state index contributed by atoms with van der Waals surface area (Å²) < 4.78 is 16.7. The minimum absolute atomic E-state index is 0.0377. The highest BCUT2D eigenvalue weighted by Crippen LogP contribution is 2.34. The summed E-state index contributed by atoms with van der Waals surface area (Å²) in [6.45, 7) is 9.92. The standard InChI is InChI=1S/C24H31N3O6/c1-6-31-22(29)19-20(16-7-9-18(10-8-16)25-15(2)28)32-21(26-19)17-11-13-27(14-12-17)23(30)33-24(3,4)5/h7-10,17H,6,11-14H2,1-5H3,(H,25,28). The number of oxazole rings is 1. The van der Waals surface area contributed by atoms with Crippen molar-refractivity contribution in [3.05, 3.63) is 35.9 Å². The lowest BCUT2D eigenvalue weighted by Gasteiger charge is -2.32. The first-order valence-corrected chi connectivity index (χ1v) is 11.1. The number of benzene rings is 1. The van der Waals surface area contributed by atoms with Gasteiger partial charge in [-0.2, -0.15) is 0 Å². The van der Waals surface area contributed by atoms with Gasteiger partial charge in [0, 0.05) is 37.2 Å². The van der Waals surface area contributed by atoms with Crippen molar-refractivity contribution in [2.75, 3.05) is 25.0 Å². The van der Waals surface area contributed by atoms with E-state index in [4.69, 9.17) is 13.9 Å². The second kappa shape index (κ2) is 10.1. The van der Waals surface area contributed by atoms with Crippen LogP contribution < -0.4 is 5.32 Å². The molecule has 1 aliphatic heterocycles. The van der Waals surface area contributed by atoms with Crippen molar-refractivity contribution >= 4 is 23.7 Å². The zero-order valence-electron chi connectivity index (χ0n) is 19.8. The molecule has 1 N–H and O–H groups in total. The fourth-order valence-corrected chi connectivity index (χ4v) is 3.59. The third-order valence-corrected chi connectivity index (χ3v) is 5.08. The van der Waals surface area contributed by atoms with E-state index in [0.29, 0.717) is 48.8 Å². The number of anilines is 1. The Morgan fingerprint density at radius 2 is 1.79 bits per heavy atom. The minimum Gasteiger partial charge on any atom is -0.461 e. The number of carbonyl (C=O) groups is 3. The Labute approximate surface area is 193 Å². The SMILES string of the molecule is CCOC(=O)c1nc(C2CCN(C(=O)OC(C)(C)C)CC2)oc1-c1ccc(NC(C)=O)cc1. The van der Waals surface area contributed by atoms with Crippen LogP contribution in [0.15, 0.2) is 28.7 Å². The summed E-state index contributed by atoms with van der Waals surface area (Å²) in [5.41, 5.74) is 0.860. The molecule has 1 fully saturated rings. The quantitative estimate of drug-likeness (QED) is 0.654. The van der Waals surface area contributed by atoms with E-state index in [2.05, 4.69) is 10.3 Å². The molecule has 9 heteroatoms. The Morgan fingerprint density at radius 3 is 2.33 bits per heavy atom. The molecule has 0 saturated carbocycles. The van der Waals surface area contributed by atoms with Gasteiger partial charge in [-0.25, -0.2) is 14.6 Å². The summed E-state index contributed by atoms with van der Waals surface area (Å²) >= 11 is 0. The first-order chi connectivity index (χ1) is 15.6. The zero-order chi connectivity index (χ0) is 24.2. The van der Waals surface area contributed by atoms with Crippen LogP contribution in [0.25, 0.3) is 11.3 Å². The first-order valence-electron chi connectivity index (χ1n) is 11.1. The van der Waals surface area contributed by atoms with Gasteiger partial charge in [-0.15, -0.1) is 0 Å². The van der Waals surface area contributed by atoms with Crippen molar-refractivity contribution in [3.8, 4) is 11.3 Å². The van der Waals surface area contributed by atoms with Crippen LogP contribution in [0, 0.1) is 0 Å². The summed E-state index contributed by atoms with van der Waals surface area (Å²) in [5, 5.41) is 2.71. The van der Waals surface area contributed by atoms with Crippen LogP contribution in [-0.4, -0.2) is 53.2 Å². The van der Waals surface area contributed by atoms with E-state index in [1.807, 2.05) is 20.8 Å². The average Bonchev–Trinajstić information content (AvgIpc) is 3.18. The van der Waals surface area contributed by atoms with Crippen molar-refractivity contribution in [3.63, 3.8) is 0 Å². The molecular formula is C24H31N3O6. The summed E-state index contributed by atoms with van der Waals surface area (Å²) in [5.74, 6) is 0.00811. The number of hydrogen-bond donors (Lipinski definition) is 1. The molecule has 2 amide bonds. The predicted octanol–water partition coefficient (Wildman–Crippen LogP) is 4.59. The number of piperidine rings is 1. The van der Waals surface area contributed by atoms with Gasteiger partial charge in [0.2, 0.25) is 5.91 Å². The molecule has 178 valence electrons. The molecule has 1 aromatic carbocycles. The van der Waals surface area contributed by atoms with Crippen LogP contribution in [0.5, 0.6) is 0 Å². The van der Waals surface area contributed by atoms with Crippen molar-refractivity contribution in [2.24, 2.45) is 0 Å². The lowest BCUT2D eigenvalue weighted by Crippen LogP contribution is -2.41. The third kappa shape index (κ3) is 6.34. The molecule has 2 heterocycles. The van der Waals surface area contributed by atoms with E-state index >= 15 is 0 Å². The van der Waals surface area contributed by atoms with Crippen molar-refractivity contribution in [1.82, 2.24) is 9.88 Å². The summed E-state index contributed by atoms with van der Waals surface area (Å²) in [4.78, 5) is 42.3. The van der Waals surface area contributed by atoms with E-state index in [0.717, 1.165) is 0 Å². The highest BCUT2D eigenvalue weighted by Gasteiger charge is 2.32. The fourth-order valence-electron chi connectivity index (χ4n) is 3.59. The van der Waals surface area contributed by atoms with Gasteiger partial charge < -0.3 is 24.1 Å². The normalized spacial score (nSPS) is 14.6. The monoisotopic (exact) mass is 457 g/mol. The van der Waals surface area contributed by atoms with Crippen molar-refractivity contribution in [2.45, 2.75) is 59.0 Å². The molecular weight excluding hydrogens is 426 g/mol. The number of carbonyl (C=O) groups excluding carboxylic acids is 3. The van der Waals surface area contributed by atoms with Gasteiger partial charge in [-0.3, -0.25) is 4.79 Å². The van der Waals surface area contributed by atoms with Gasteiger partial charge >= 0.3 is 12.1 Å². The van der Waals surface area contributed by atoms with Crippen LogP contribution in [0.2, 0.25) is 0 Å². The summed E-state index contributed by atoms with van der Waals surface area (Å²) in [6.07, 6.45) is 0.951. The van der Waals surface area contributed by atoms with Gasteiger partial charge in [-0.05, 0) is 64.8 Å². The van der Waals surface area contributed by atoms with Crippen LogP contribution in [0.4, 0.5) is 10.5 Å². The van der Waals surface area contributed by atoms with E-state index in [1.165, 1.54) is 6.92 Å². The van der Waals surface area contributed by atoms with Crippen LogP contribution in [-0.2, 0) is 14.3 Å². The van der Waals surface area contributed by atoms with Gasteiger partial charge in [0.1, 0.15) is 5.60 Å². The maximum Gasteiger partial charge on any atom is 0.410 e. The lowest BCUT2D eigenvalue weighted by atomic mass is 9.97. The maximum atomic E-state index is 12.6. The Kier molecular flexibility index (Phi) is 7.40. The third-order valence-electron chi connectivity index (χ3n) is 5.08. The largest absolute Gasteiger partial charge is 0.461 e. The van der Waals surface area contributed by atoms with Crippen LogP contribution in [0.1, 0.15) is 69.8 Å². The molecule has 0 bridgehead atoms. The number of hydrogen-bond acceptors (Lipinski definition) is 7. The van der Waals surface area contributed by atoms with Gasteiger partial charge in [0.25, 0.3) is 0 Å². The molecule has 0 radical (unpaired) electrons. The topological polar surface area (TPSA) is 111 Å². The number of esters is 1. The molecule has 2 aromatic rings. The smallest absolute Gasteiger partial charge is 0.410 e. The van der Waals surface area contributed by atoms with Gasteiger partial charge in [-0.1, -0.05) is 0 Å². The lowest BCUT2D eigenvalue weighted by molar-refractivity contribution is -0.114. The Balaban J connectivity index is 1.79.